The summed E-state index contributed by atoms with van der Waals surface area (Å²) in [5.74, 6) is 2.30. The van der Waals surface area contributed by atoms with Gasteiger partial charge in [-0.1, -0.05) is 25.5 Å². The van der Waals surface area contributed by atoms with Gasteiger partial charge in [0.1, 0.15) is 5.75 Å². The second kappa shape index (κ2) is 6.45. The zero-order valence-corrected chi connectivity index (χ0v) is 13.4. The van der Waals surface area contributed by atoms with E-state index in [1.54, 1.807) is 7.11 Å². The van der Waals surface area contributed by atoms with E-state index in [0.717, 1.165) is 35.6 Å². The van der Waals surface area contributed by atoms with Crippen LogP contribution in [0.3, 0.4) is 0 Å². The molecule has 0 spiro atoms. The van der Waals surface area contributed by atoms with Gasteiger partial charge in [-0.25, -0.2) is 0 Å². The Morgan fingerprint density at radius 1 is 1.14 bits per heavy atom. The smallest absolute Gasteiger partial charge is 0.327 e. The fourth-order valence-corrected chi connectivity index (χ4v) is 2.85. The molecule has 1 heterocycles. The quantitative estimate of drug-likeness (QED) is 0.782. The van der Waals surface area contributed by atoms with Gasteiger partial charge in [-0.2, -0.15) is 0 Å². The van der Waals surface area contributed by atoms with Gasteiger partial charge in [-0.05, 0) is 54.1 Å². The van der Waals surface area contributed by atoms with Crippen LogP contribution in [0, 0.1) is 6.92 Å². The van der Waals surface area contributed by atoms with Crippen molar-refractivity contribution in [1.29, 1.82) is 0 Å². The first-order valence-electron chi connectivity index (χ1n) is 7.78. The molecule has 1 aliphatic rings. The highest BCUT2D eigenvalue weighted by Gasteiger charge is 2.27. The van der Waals surface area contributed by atoms with Crippen LogP contribution in [0.5, 0.6) is 17.2 Å². The standard InChI is InChI=1S/C18H21BO3/c1-4-9-19-16-7-6-15(11-14(16)12-21-19)22-17-8-5-13(2)10-18(17)20-3/h5-8,10-11H,4,9,12H2,1-3H3. The fourth-order valence-electron chi connectivity index (χ4n) is 2.85. The maximum atomic E-state index is 6.00. The van der Waals surface area contributed by atoms with Crippen LogP contribution in [0.4, 0.5) is 0 Å². The third-order valence-electron chi connectivity index (χ3n) is 4.00. The molecular formula is C18H21BO3. The van der Waals surface area contributed by atoms with Crippen LogP contribution in [0.1, 0.15) is 24.5 Å². The van der Waals surface area contributed by atoms with Gasteiger partial charge in [-0.15, -0.1) is 0 Å². The minimum Gasteiger partial charge on any atom is -0.493 e. The Balaban J connectivity index is 1.83. The Kier molecular flexibility index (Phi) is 4.39. The fraction of sp³-hybridized carbons (Fsp3) is 0.333. The topological polar surface area (TPSA) is 27.7 Å². The lowest BCUT2D eigenvalue weighted by Crippen LogP contribution is -2.27. The molecule has 3 rings (SSSR count). The number of methoxy groups -OCH3 is 1. The summed E-state index contributed by atoms with van der Waals surface area (Å²) in [5.41, 5.74) is 3.67. The van der Waals surface area contributed by atoms with E-state index in [4.69, 9.17) is 14.1 Å². The van der Waals surface area contributed by atoms with Crippen molar-refractivity contribution in [1.82, 2.24) is 0 Å². The Hall–Kier alpha value is -1.94. The number of aryl methyl sites for hydroxylation is 1. The molecule has 0 N–H and O–H groups in total. The molecule has 0 aliphatic carbocycles. The summed E-state index contributed by atoms with van der Waals surface area (Å²) in [4.78, 5) is 0. The second-order valence-electron chi connectivity index (χ2n) is 5.71. The number of benzene rings is 2. The van der Waals surface area contributed by atoms with Gasteiger partial charge in [0, 0.05) is 0 Å². The largest absolute Gasteiger partial charge is 0.493 e. The maximum absolute atomic E-state index is 6.00. The van der Waals surface area contributed by atoms with Crippen LogP contribution < -0.4 is 14.9 Å². The summed E-state index contributed by atoms with van der Waals surface area (Å²) in [6.07, 6.45) is 2.20. The van der Waals surface area contributed by atoms with Crippen molar-refractivity contribution in [3.05, 3.63) is 47.5 Å². The average Bonchev–Trinajstić information content (AvgIpc) is 2.92. The Morgan fingerprint density at radius 2 is 2.00 bits per heavy atom. The molecule has 0 radical (unpaired) electrons. The predicted molar refractivity (Wildman–Crippen MR) is 89.5 cm³/mol. The first-order valence-corrected chi connectivity index (χ1v) is 7.78. The minimum absolute atomic E-state index is 0.239. The van der Waals surface area contributed by atoms with E-state index in [2.05, 4.69) is 19.1 Å². The lowest BCUT2D eigenvalue weighted by Gasteiger charge is -2.12. The summed E-state index contributed by atoms with van der Waals surface area (Å²) in [7, 11) is 1.66. The van der Waals surface area contributed by atoms with E-state index in [-0.39, 0.29) is 6.92 Å². The van der Waals surface area contributed by atoms with Crippen molar-refractivity contribution in [2.75, 3.05) is 7.11 Å². The van der Waals surface area contributed by atoms with E-state index < -0.39 is 0 Å². The van der Waals surface area contributed by atoms with E-state index in [9.17, 15) is 0 Å². The Labute approximate surface area is 132 Å². The molecule has 22 heavy (non-hydrogen) atoms. The van der Waals surface area contributed by atoms with Crippen molar-refractivity contribution in [3.63, 3.8) is 0 Å². The highest BCUT2D eigenvalue weighted by molar-refractivity contribution is 6.68. The summed E-state index contributed by atoms with van der Waals surface area (Å²) in [6.45, 7) is 5.13. The van der Waals surface area contributed by atoms with Crippen LogP contribution in [0.2, 0.25) is 6.32 Å². The molecule has 3 nitrogen and oxygen atoms in total. The SMILES string of the molecule is CCCB1OCc2cc(Oc3ccc(C)cc3OC)ccc21. The van der Waals surface area contributed by atoms with Gasteiger partial charge in [0.2, 0.25) is 0 Å². The molecule has 114 valence electrons. The van der Waals surface area contributed by atoms with Gasteiger partial charge in [0.15, 0.2) is 11.5 Å². The minimum atomic E-state index is 0.239. The van der Waals surface area contributed by atoms with E-state index >= 15 is 0 Å². The number of ether oxygens (including phenoxy) is 2. The van der Waals surface area contributed by atoms with E-state index in [0.29, 0.717) is 6.61 Å². The van der Waals surface area contributed by atoms with Crippen LogP contribution in [0.25, 0.3) is 0 Å². The van der Waals surface area contributed by atoms with Gasteiger partial charge in [-0.3, -0.25) is 0 Å². The molecule has 0 amide bonds. The van der Waals surface area contributed by atoms with Crippen molar-refractivity contribution in [2.45, 2.75) is 33.2 Å². The molecule has 2 aromatic rings. The van der Waals surface area contributed by atoms with Crippen LogP contribution in [0.15, 0.2) is 36.4 Å². The number of hydrogen-bond donors (Lipinski definition) is 0. The van der Waals surface area contributed by atoms with E-state index in [1.165, 1.54) is 11.0 Å². The van der Waals surface area contributed by atoms with Crippen LogP contribution in [-0.2, 0) is 11.3 Å². The first-order chi connectivity index (χ1) is 10.7. The maximum Gasteiger partial charge on any atom is 0.327 e. The molecule has 2 aromatic carbocycles. The highest BCUT2D eigenvalue weighted by atomic mass is 16.5. The van der Waals surface area contributed by atoms with Gasteiger partial charge in [0.05, 0.1) is 13.7 Å². The van der Waals surface area contributed by atoms with Crippen LogP contribution >= 0.6 is 0 Å². The Morgan fingerprint density at radius 3 is 2.77 bits per heavy atom. The zero-order chi connectivity index (χ0) is 15.5. The molecule has 0 saturated carbocycles. The average molecular weight is 296 g/mol. The molecular weight excluding hydrogens is 275 g/mol. The molecule has 0 fully saturated rings. The third kappa shape index (κ3) is 2.97. The second-order valence-corrected chi connectivity index (χ2v) is 5.71. The molecule has 0 saturated heterocycles. The summed E-state index contributed by atoms with van der Waals surface area (Å²) in [5, 5.41) is 0. The molecule has 1 aliphatic heterocycles. The highest BCUT2D eigenvalue weighted by Crippen LogP contribution is 2.32. The number of hydrogen-bond acceptors (Lipinski definition) is 3. The monoisotopic (exact) mass is 296 g/mol. The molecule has 0 atom stereocenters. The van der Waals surface area contributed by atoms with Crippen molar-refractivity contribution >= 4 is 12.4 Å². The number of rotatable bonds is 5. The van der Waals surface area contributed by atoms with Gasteiger partial charge >= 0.3 is 6.92 Å². The zero-order valence-electron chi connectivity index (χ0n) is 13.4. The summed E-state index contributed by atoms with van der Waals surface area (Å²) < 4.78 is 17.2. The van der Waals surface area contributed by atoms with Crippen LogP contribution in [-0.4, -0.2) is 14.0 Å². The molecule has 4 heteroatoms. The van der Waals surface area contributed by atoms with E-state index in [1.807, 2.05) is 31.2 Å². The molecule has 0 aromatic heterocycles. The summed E-state index contributed by atoms with van der Waals surface area (Å²) in [6, 6.07) is 12.1. The predicted octanol–water partition coefficient (Wildman–Crippen LogP) is 3.93. The van der Waals surface area contributed by atoms with Gasteiger partial charge in [0.25, 0.3) is 0 Å². The van der Waals surface area contributed by atoms with Gasteiger partial charge < -0.3 is 14.1 Å². The molecule has 0 bridgehead atoms. The number of fused-ring (bicyclic) bond motifs is 1. The third-order valence-corrected chi connectivity index (χ3v) is 4.00. The van der Waals surface area contributed by atoms with Crippen molar-refractivity contribution in [2.24, 2.45) is 0 Å². The van der Waals surface area contributed by atoms with Crippen molar-refractivity contribution < 1.29 is 14.1 Å². The lowest BCUT2D eigenvalue weighted by molar-refractivity contribution is 0.328. The van der Waals surface area contributed by atoms with Crippen molar-refractivity contribution in [3.8, 4) is 17.2 Å². The first kappa shape index (κ1) is 15.0. The summed E-state index contributed by atoms with van der Waals surface area (Å²) >= 11 is 0. The normalized spacial score (nSPS) is 13.1. The molecule has 0 unspecified atom stereocenters. The lowest BCUT2D eigenvalue weighted by atomic mass is 9.58. The Bertz CT molecular complexity index is 669.